The lowest BCUT2D eigenvalue weighted by Gasteiger charge is -2.20. The van der Waals surface area contributed by atoms with E-state index in [9.17, 15) is 0 Å². The van der Waals surface area contributed by atoms with Crippen LogP contribution in [0, 0.1) is 6.92 Å². The van der Waals surface area contributed by atoms with Gasteiger partial charge >= 0.3 is 0 Å². The summed E-state index contributed by atoms with van der Waals surface area (Å²) in [6, 6.07) is 8.69. The van der Waals surface area contributed by atoms with Gasteiger partial charge in [0.1, 0.15) is 0 Å². The summed E-state index contributed by atoms with van der Waals surface area (Å²) in [4.78, 5) is 0. The van der Waals surface area contributed by atoms with Crippen molar-refractivity contribution >= 4 is 0 Å². The zero-order valence-electron chi connectivity index (χ0n) is 11.1. The molecule has 1 aromatic rings. The van der Waals surface area contributed by atoms with Gasteiger partial charge in [0.2, 0.25) is 0 Å². The lowest BCUT2D eigenvalue weighted by molar-refractivity contribution is 0.419. The molecule has 0 saturated carbocycles. The minimum atomic E-state index is 0.253. The van der Waals surface area contributed by atoms with Crippen molar-refractivity contribution in [1.82, 2.24) is 5.32 Å². The van der Waals surface area contributed by atoms with E-state index >= 15 is 0 Å². The molecule has 0 aliphatic carbocycles. The molecule has 16 heavy (non-hydrogen) atoms. The molecule has 0 unspecified atom stereocenters. The zero-order chi connectivity index (χ0) is 12.0. The van der Waals surface area contributed by atoms with E-state index < -0.39 is 0 Å². The summed E-state index contributed by atoms with van der Waals surface area (Å²) >= 11 is 0. The van der Waals surface area contributed by atoms with Crippen LogP contribution in [-0.2, 0) is 6.42 Å². The van der Waals surface area contributed by atoms with Gasteiger partial charge in [-0.05, 0) is 64.6 Å². The monoisotopic (exact) mass is 219 g/mol. The average Bonchev–Trinajstić information content (AvgIpc) is 2.18. The SMILES string of the molecule is Cc1ccccc1CCCCNC(C)(C)C. The van der Waals surface area contributed by atoms with Crippen LogP contribution in [0.1, 0.15) is 44.7 Å². The summed E-state index contributed by atoms with van der Waals surface area (Å²) in [7, 11) is 0. The second-order valence-corrected chi connectivity index (χ2v) is 5.56. The fourth-order valence-electron chi connectivity index (χ4n) is 1.79. The standard InChI is InChI=1S/C15H25N/c1-13-9-5-6-10-14(13)11-7-8-12-16-15(2,3)4/h5-6,9-10,16H,7-8,11-12H2,1-4H3. The molecule has 0 heterocycles. The van der Waals surface area contributed by atoms with Gasteiger partial charge in [-0.25, -0.2) is 0 Å². The molecule has 0 saturated heterocycles. The first-order chi connectivity index (χ1) is 7.49. The van der Waals surface area contributed by atoms with Crippen LogP contribution in [0.5, 0.6) is 0 Å². The topological polar surface area (TPSA) is 12.0 Å². The highest BCUT2D eigenvalue weighted by atomic mass is 14.9. The maximum absolute atomic E-state index is 3.52. The second-order valence-electron chi connectivity index (χ2n) is 5.56. The number of aryl methyl sites for hydroxylation is 2. The summed E-state index contributed by atoms with van der Waals surface area (Å²) < 4.78 is 0. The smallest absolute Gasteiger partial charge is 0.00965 e. The molecule has 1 heteroatoms. The highest BCUT2D eigenvalue weighted by Crippen LogP contribution is 2.10. The molecule has 1 N–H and O–H groups in total. The van der Waals surface area contributed by atoms with E-state index in [4.69, 9.17) is 0 Å². The maximum Gasteiger partial charge on any atom is 0.00965 e. The molecule has 90 valence electrons. The fraction of sp³-hybridized carbons (Fsp3) is 0.600. The third kappa shape index (κ3) is 5.32. The molecule has 0 fully saturated rings. The van der Waals surface area contributed by atoms with Crippen LogP contribution in [0.25, 0.3) is 0 Å². The third-order valence-corrected chi connectivity index (χ3v) is 2.79. The summed E-state index contributed by atoms with van der Waals surface area (Å²) in [6.07, 6.45) is 3.73. The third-order valence-electron chi connectivity index (χ3n) is 2.79. The lowest BCUT2D eigenvalue weighted by Crippen LogP contribution is -2.36. The van der Waals surface area contributed by atoms with Crippen LogP contribution in [-0.4, -0.2) is 12.1 Å². The number of benzene rings is 1. The predicted octanol–water partition coefficient (Wildman–Crippen LogP) is 3.71. The molecule has 0 aromatic heterocycles. The van der Waals surface area contributed by atoms with Crippen LogP contribution in [0.2, 0.25) is 0 Å². The first-order valence-corrected chi connectivity index (χ1v) is 6.28. The molecule has 0 atom stereocenters. The van der Waals surface area contributed by atoms with Crippen LogP contribution >= 0.6 is 0 Å². The van der Waals surface area contributed by atoms with E-state index in [2.05, 4.69) is 57.3 Å². The molecule has 1 aromatic carbocycles. The second kappa shape index (κ2) is 6.05. The molecule has 0 aliphatic heterocycles. The largest absolute Gasteiger partial charge is 0.312 e. The van der Waals surface area contributed by atoms with Gasteiger partial charge in [-0.1, -0.05) is 24.3 Å². The first kappa shape index (κ1) is 13.2. The van der Waals surface area contributed by atoms with Crippen molar-refractivity contribution in [2.45, 2.75) is 52.5 Å². The molecule has 0 spiro atoms. The van der Waals surface area contributed by atoms with Crippen LogP contribution in [0.3, 0.4) is 0 Å². The predicted molar refractivity (Wildman–Crippen MR) is 71.9 cm³/mol. The van der Waals surface area contributed by atoms with Crippen molar-refractivity contribution in [2.24, 2.45) is 0 Å². The highest BCUT2D eigenvalue weighted by molar-refractivity contribution is 5.25. The Morgan fingerprint density at radius 1 is 1.06 bits per heavy atom. The van der Waals surface area contributed by atoms with Crippen LogP contribution in [0.4, 0.5) is 0 Å². The van der Waals surface area contributed by atoms with Gasteiger partial charge in [-0.2, -0.15) is 0 Å². The number of hydrogen-bond donors (Lipinski definition) is 1. The minimum absolute atomic E-state index is 0.253. The minimum Gasteiger partial charge on any atom is -0.312 e. The Labute approximate surface area is 100 Å². The van der Waals surface area contributed by atoms with Gasteiger partial charge in [-0.3, -0.25) is 0 Å². The Morgan fingerprint density at radius 3 is 2.38 bits per heavy atom. The van der Waals surface area contributed by atoms with Crippen molar-refractivity contribution < 1.29 is 0 Å². The van der Waals surface area contributed by atoms with Crippen LogP contribution < -0.4 is 5.32 Å². The van der Waals surface area contributed by atoms with E-state index in [-0.39, 0.29) is 5.54 Å². The molecular weight excluding hydrogens is 194 g/mol. The average molecular weight is 219 g/mol. The molecular formula is C15H25N. The summed E-state index contributed by atoms with van der Waals surface area (Å²) in [5, 5.41) is 3.52. The van der Waals surface area contributed by atoms with Gasteiger partial charge in [0.05, 0.1) is 0 Å². The zero-order valence-corrected chi connectivity index (χ0v) is 11.1. The number of rotatable bonds is 5. The number of hydrogen-bond acceptors (Lipinski definition) is 1. The number of nitrogens with one attached hydrogen (secondary N) is 1. The summed E-state index contributed by atoms with van der Waals surface area (Å²) in [6.45, 7) is 9.97. The molecule has 0 aliphatic rings. The van der Waals surface area contributed by atoms with Gasteiger partial charge in [0.25, 0.3) is 0 Å². The van der Waals surface area contributed by atoms with E-state index in [0.717, 1.165) is 6.54 Å². The quantitative estimate of drug-likeness (QED) is 0.744. The Bertz CT molecular complexity index is 309. The van der Waals surface area contributed by atoms with Crippen molar-refractivity contribution in [1.29, 1.82) is 0 Å². The van der Waals surface area contributed by atoms with Crippen LogP contribution in [0.15, 0.2) is 24.3 Å². The van der Waals surface area contributed by atoms with E-state index in [1.165, 1.54) is 30.4 Å². The fourth-order valence-corrected chi connectivity index (χ4v) is 1.79. The Balaban J connectivity index is 2.19. The van der Waals surface area contributed by atoms with Crippen molar-refractivity contribution in [3.8, 4) is 0 Å². The first-order valence-electron chi connectivity index (χ1n) is 6.28. The van der Waals surface area contributed by atoms with E-state index in [1.54, 1.807) is 0 Å². The molecule has 0 radical (unpaired) electrons. The van der Waals surface area contributed by atoms with Crippen molar-refractivity contribution in [2.75, 3.05) is 6.54 Å². The van der Waals surface area contributed by atoms with Gasteiger partial charge in [0, 0.05) is 5.54 Å². The normalized spacial score (nSPS) is 11.8. The molecule has 0 amide bonds. The molecule has 0 bridgehead atoms. The van der Waals surface area contributed by atoms with Gasteiger partial charge < -0.3 is 5.32 Å². The van der Waals surface area contributed by atoms with Crippen molar-refractivity contribution in [3.63, 3.8) is 0 Å². The molecule has 1 nitrogen and oxygen atoms in total. The lowest BCUT2D eigenvalue weighted by atomic mass is 10.0. The summed E-state index contributed by atoms with van der Waals surface area (Å²) in [5.74, 6) is 0. The Kier molecular flexibility index (Phi) is 5.01. The Hall–Kier alpha value is -0.820. The maximum atomic E-state index is 3.52. The Morgan fingerprint density at radius 2 is 1.75 bits per heavy atom. The van der Waals surface area contributed by atoms with E-state index in [0.29, 0.717) is 0 Å². The highest BCUT2D eigenvalue weighted by Gasteiger charge is 2.07. The van der Waals surface area contributed by atoms with Crippen molar-refractivity contribution in [3.05, 3.63) is 35.4 Å². The van der Waals surface area contributed by atoms with Gasteiger partial charge in [0.15, 0.2) is 0 Å². The summed E-state index contributed by atoms with van der Waals surface area (Å²) in [5.41, 5.74) is 3.17. The van der Waals surface area contributed by atoms with E-state index in [1.807, 2.05) is 0 Å². The number of unbranched alkanes of at least 4 members (excludes halogenated alkanes) is 1. The van der Waals surface area contributed by atoms with Gasteiger partial charge in [-0.15, -0.1) is 0 Å². The molecule has 1 rings (SSSR count).